The summed E-state index contributed by atoms with van der Waals surface area (Å²) in [4.78, 5) is 11.9. The molecule has 0 radical (unpaired) electrons. The van der Waals surface area contributed by atoms with E-state index in [-0.39, 0.29) is 17.0 Å². The van der Waals surface area contributed by atoms with Crippen LogP contribution in [-0.4, -0.2) is 19.2 Å². The molecule has 0 spiro atoms. The third-order valence-electron chi connectivity index (χ3n) is 3.08. The molecule has 24 heavy (non-hydrogen) atoms. The molecule has 2 rings (SSSR count). The number of ether oxygens (including phenoxy) is 1. The van der Waals surface area contributed by atoms with Gasteiger partial charge in [0.15, 0.2) is 11.6 Å². The number of benzene rings is 2. The lowest BCUT2D eigenvalue weighted by Crippen LogP contribution is -2.16. The Kier molecular flexibility index (Phi) is 5.23. The highest BCUT2D eigenvalue weighted by Gasteiger charge is 2.35. The number of allylic oxidation sites excluding steroid dienone is 1. The number of amides is 1. The fourth-order valence-corrected chi connectivity index (χ4v) is 2.00. The Balaban J connectivity index is 2.26. The number of hydrogen-bond donors (Lipinski definition) is 1. The van der Waals surface area contributed by atoms with Gasteiger partial charge in [-0.15, -0.1) is 0 Å². The van der Waals surface area contributed by atoms with Crippen LogP contribution in [0.5, 0.6) is 5.75 Å². The third kappa shape index (κ3) is 4.34. The second-order valence-corrected chi connectivity index (χ2v) is 4.76. The Bertz CT molecular complexity index is 755. The average Bonchev–Trinajstić information content (AvgIpc) is 2.52. The lowest BCUT2D eigenvalue weighted by atomic mass is 10.1. The zero-order valence-corrected chi connectivity index (χ0v) is 12.5. The van der Waals surface area contributed by atoms with Crippen LogP contribution in [0, 0.1) is 5.82 Å². The van der Waals surface area contributed by atoms with Crippen LogP contribution in [0.2, 0.25) is 0 Å². The molecule has 0 aromatic heterocycles. The second kappa shape index (κ2) is 7.16. The zero-order valence-electron chi connectivity index (χ0n) is 12.5. The van der Waals surface area contributed by atoms with Crippen LogP contribution in [0.15, 0.2) is 54.6 Å². The summed E-state index contributed by atoms with van der Waals surface area (Å²) >= 11 is 0. The number of rotatable bonds is 4. The van der Waals surface area contributed by atoms with Gasteiger partial charge in [0.05, 0.1) is 12.7 Å². The highest BCUT2D eigenvalue weighted by atomic mass is 19.4. The molecule has 0 bridgehead atoms. The molecule has 0 atom stereocenters. The quantitative estimate of drug-likeness (QED) is 0.661. The predicted molar refractivity (Wildman–Crippen MR) is 82.1 cm³/mol. The van der Waals surface area contributed by atoms with Crippen molar-refractivity contribution in [2.45, 2.75) is 6.18 Å². The van der Waals surface area contributed by atoms with Crippen molar-refractivity contribution in [3.8, 4) is 5.75 Å². The molecule has 0 heterocycles. The van der Waals surface area contributed by atoms with E-state index in [1.807, 2.05) is 0 Å². The van der Waals surface area contributed by atoms with E-state index in [4.69, 9.17) is 4.74 Å². The summed E-state index contributed by atoms with van der Waals surface area (Å²) in [5, 5.41) is 2.20. The molecule has 2 aromatic carbocycles. The SMILES string of the molecule is COc1ccc(NC(=O)/C=C(/c2ccccc2)C(F)(F)F)cc1F. The maximum Gasteiger partial charge on any atom is 0.417 e. The van der Waals surface area contributed by atoms with Gasteiger partial charge in [-0.25, -0.2) is 4.39 Å². The van der Waals surface area contributed by atoms with E-state index in [0.717, 1.165) is 6.07 Å². The van der Waals surface area contributed by atoms with E-state index in [2.05, 4.69) is 5.32 Å². The number of carbonyl (C=O) groups excluding carboxylic acids is 1. The Hall–Kier alpha value is -2.83. The molecule has 0 aliphatic rings. The van der Waals surface area contributed by atoms with Crippen molar-refractivity contribution in [1.29, 1.82) is 0 Å². The van der Waals surface area contributed by atoms with Gasteiger partial charge in [-0.05, 0) is 17.7 Å². The van der Waals surface area contributed by atoms with Gasteiger partial charge in [-0.3, -0.25) is 4.79 Å². The Morgan fingerprint density at radius 3 is 2.33 bits per heavy atom. The lowest BCUT2D eigenvalue weighted by molar-refractivity contribution is -0.112. The van der Waals surface area contributed by atoms with Crippen molar-refractivity contribution >= 4 is 17.2 Å². The van der Waals surface area contributed by atoms with Crippen molar-refractivity contribution in [2.24, 2.45) is 0 Å². The Labute approximate surface area is 135 Å². The van der Waals surface area contributed by atoms with Crippen LogP contribution in [0.4, 0.5) is 23.2 Å². The Morgan fingerprint density at radius 2 is 1.79 bits per heavy atom. The normalized spacial score (nSPS) is 12.0. The molecule has 7 heteroatoms. The minimum absolute atomic E-state index is 0.0177. The summed E-state index contributed by atoms with van der Waals surface area (Å²) in [6.45, 7) is 0. The topological polar surface area (TPSA) is 38.3 Å². The van der Waals surface area contributed by atoms with Gasteiger partial charge < -0.3 is 10.1 Å². The number of nitrogens with one attached hydrogen (secondary N) is 1. The average molecular weight is 339 g/mol. The molecule has 1 N–H and O–H groups in total. The van der Waals surface area contributed by atoms with E-state index in [1.54, 1.807) is 6.07 Å². The van der Waals surface area contributed by atoms with Gasteiger partial charge in [0.25, 0.3) is 0 Å². The van der Waals surface area contributed by atoms with Crippen LogP contribution < -0.4 is 10.1 Å². The van der Waals surface area contributed by atoms with Gasteiger partial charge in [0.2, 0.25) is 5.91 Å². The molecular formula is C17H13F4NO2. The maximum absolute atomic E-state index is 13.5. The first-order valence-corrected chi connectivity index (χ1v) is 6.80. The highest BCUT2D eigenvalue weighted by Crippen LogP contribution is 2.33. The summed E-state index contributed by atoms with van der Waals surface area (Å²) in [7, 11) is 1.27. The van der Waals surface area contributed by atoms with Crippen molar-refractivity contribution < 1.29 is 27.1 Å². The van der Waals surface area contributed by atoms with E-state index in [1.165, 1.54) is 43.5 Å². The molecule has 126 valence electrons. The summed E-state index contributed by atoms with van der Waals surface area (Å²) in [6.07, 6.45) is -4.26. The summed E-state index contributed by atoms with van der Waals surface area (Å²) in [6, 6.07) is 10.5. The number of alkyl halides is 3. The van der Waals surface area contributed by atoms with Gasteiger partial charge >= 0.3 is 6.18 Å². The van der Waals surface area contributed by atoms with E-state index in [0.29, 0.717) is 6.08 Å². The molecule has 0 aliphatic carbocycles. The first-order chi connectivity index (χ1) is 11.3. The van der Waals surface area contributed by atoms with Gasteiger partial charge in [0.1, 0.15) is 0 Å². The molecule has 2 aromatic rings. The van der Waals surface area contributed by atoms with Crippen LogP contribution in [0.1, 0.15) is 5.56 Å². The van der Waals surface area contributed by atoms with Crippen molar-refractivity contribution in [2.75, 3.05) is 12.4 Å². The molecule has 0 aliphatic heterocycles. The zero-order chi connectivity index (χ0) is 17.7. The van der Waals surface area contributed by atoms with Crippen LogP contribution >= 0.6 is 0 Å². The summed E-state index contributed by atoms with van der Waals surface area (Å²) in [5.41, 5.74) is -1.21. The van der Waals surface area contributed by atoms with Crippen LogP contribution in [-0.2, 0) is 4.79 Å². The van der Waals surface area contributed by atoms with Gasteiger partial charge in [-0.2, -0.15) is 13.2 Å². The largest absolute Gasteiger partial charge is 0.494 e. The van der Waals surface area contributed by atoms with Crippen LogP contribution in [0.25, 0.3) is 5.57 Å². The van der Waals surface area contributed by atoms with Crippen LogP contribution in [0.3, 0.4) is 0 Å². The lowest BCUT2D eigenvalue weighted by Gasteiger charge is -2.12. The predicted octanol–water partition coefficient (Wildman–Crippen LogP) is 4.42. The number of carbonyl (C=O) groups is 1. The van der Waals surface area contributed by atoms with E-state index >= 15 is 0 Å². The molecular weight excluding hydrogens is 326 g/mol. The number of hydrogen-bond acceptors (Lipinski definition) is 2. The monoisotopic (exact) mass is 339 g/mol. The number of methoxy groups -OCH3 is 1. The molecule has 3 nitrogen and oxygen atoms in total. The number of anilines is 1. The van der Waals surface area contributed by atoms with Crippen molar-refractivity contribution in [3.63, 3.8) is 0 Å². The van der Waals surface area contributed by atoms with E-state index in [9.17, 15) is 22.4 Å². The minimum atomic E-state index is -4.70. The van der Waals surface area contributed by atoms with Crippen molar-refractivity contribution in [3.05, 3.63) is 66.0 Å². The highest BCUT2D eigenvalue weighted by molar-refractivity contribution is 6.04. The first-order valence-electron chi connectivity index (χ1n) is 6.80. The third-order valence-corrected chi connectivity index (χ3v) is 3.08. The smallest absolute Gasteiger partial charge is 0.417 e. The molecule has 1 amide bonds. The standard InChI is InChI=1S/C17H13F4NO2/c1-24-15-8-7-12(9-14(15)18)22-16(23)10-13(17(19,20)21)11-5-3-2-4-6-11/h2-10H,1H3,(H,22,23)/b13-10-. The Morgan fingerprint density at radius 1 is 1.12 bits per heavy atom. The summed E-state index contributed by atoms with van der Waals surface area (Å²) in [5.74, 6) is -1.79. The number of halogens is 4. The van der Waals surface area contributed by atoms with Gasteiger partial charge in [-0.1, -0.05) is 30.3 Å². The molecule has 0 saturated heterocycles. The molecule has 0 fully saturated rings. The van der Waals surface area contributed by atoms with Crippen molar-refractivity contribution in [1.82, 2.24) is 0 Å². The first kappa shape index (κ1) is 17.5. The fourth-order valence-electron chi connectivity index (χ4n) is 2.00. The van der Waals surface area contributed by atoms with E-state index < -0.39 is 23.5 Å². The minimum Gasteiger partial charge on any atom is -0.494 e. The molecule has 0 saturated carbocycles. The second-order valence-electron chi connectivity index (χ2n) is 4.76. The summed E-state index contributed by atoms with van der Waals surface area (Å²) < 4.78 is 57.7. The molecule has 0 unspecified atom stereocenters. The van der Waals surface area contributed by atoms with Gasteiger partial charge in [0, 0.05) is 17.8 Å². The fraction of sp³-hybridized carbons (Fsp3) is 0.118. The maximum atomic E-state index is 13.5.